The van der Waals surface area contributed by atoms with Gasteiger partial charge >= 0.3 is 0 Å². The number of rotatable bonds is 3. The van der Waals surface area contributed by atoms with Crippen molar-refractivity contribution in [2.45, 2.75) is 52.2 Å². The predicted molar refractivity (Wildman–Crippen MR) is 52.6 cm³/mol. The summed E-state index contributed by atoms with van der Waals surface area (Å²) in [5.41, 5.74) is -0.106. The highest BCUT2D eigenvalue weighted by molar-refractivity contribution is 5.57. The molecule has 0 aliphatic carbocycles. The van der Waals surface area contributed by atoms with Gasteiger partial charge in [-0.2, -0.15) is 0 Å². The van der Waals surface area contributed by atoms with Crippen LogP contribution in [0.5, 0.6) is 0 Å². The minimum Gasteiger partial charge on any atom is -0.365 e. The quantitative estimate of drug-likeness (QED) is 0.630. The summed E-state index contributed by atoms with van der Waals surface area (Å²) in [6, 6.07) is 0. The van der Waals surface area contributed by atoms with Gasteiger partial charge in [0, 0.05) is 0 Å². The summed E-state index contributed by atoms with van der Waals surface area (Å²) in [5.74, 6) is 1.07. The van der Waals surface area contributed by atoms with E-state index in [2.05, 4.69) is 27.7 Å². The molecule has 13 heavy (non-hydrogen) atoms. The van der Waals surface area contributed by atoms with E-state index in [1.165, 1.54) is 0 Å². The molecule has 1 saturated heterocycles. The lowest BCUT2D eigenvalue weighted by Gasteiger charge is -2.16. The van der Waals surface area contributed by atoms with E-state index in [0.717, 1.165) is 19.1 Å². The lowest BCUT2D eigenvalue weighted by atomic mass is 9.87. The number of carbonyl (C=O) groups is 1. The largest absolute Gasteiger partial charge is 0.365 e. The van der Waals surface area contributed by atoms with Crippen LogP contribution in [0.4, 0.5) is 0 Å². The number of hydrogen-bond donors (Lipinski definition) is 0. The summed E-state index contributed by atoms with van der Waals surface area (Å²) in [5, 5.41) is 0. The predicted octanol–water partition coefficient (Wildman–Crippen LogP) is 2.42. The summed E-state index contributed by atoms with van der Waals surface area (Å²) >= 11 is 0. The molecule has 0 saturated carbocycles. The molecular formula is C11H20O2. The molecule has 0 amide bonds. The molecule has 0 aromatic rings. The zero-order valence-corrected chi connectivity index (χ0v) is 9.04. The van der Waals surface area contributed by atoms with E-state index in [9.17, 15) is 4.79 Å². The van der Waals surface area contributed by atoms with Crippen LogP contribution < -0.4 is 0 Å². The van der Waals surface area contributed by atoms with E-state index in [0.29, 0.717) is 11.8 Å². The molecule has 1 rings (SSSR count). The van der Waals surface area contributed by atoms with Crippen LogP contribution >= 0.6 is 0 Å². The summed E-state index contributed by atoms with van der Waals surface area (Å²) in [4.78, 5) is 10.8. The first-order valence-corrected chi connectivity index (χ1v) is 5.08. The van der Waals surface area contributed by atoms with Crippen molar-refractivity contribution in [3.05, 3.63) is 0 Å². The Bertz CT molecular complexity index is 185. The summed E-state index contributed by atoms with van der Waals surface area (Å²) < 4.78 is 5.64. The Labute approximate surface area is 80.7 Å². The molecule has 0 spiro atoms. The zero-order chi connectivity index (χ0) is 10.1. The molecule has 1 fully saturated rings. The monoisotopic (exact) mass is 184 g/mol. The van der Waals surface area contributed by atoms with Crippen molar-refractivity contribution in [3.8, 4) is 0 Å². The molecule has 0 aromatic heterocycles. The van der Waals surface area contributed by atoms with Crippen molar-refractivity contribution >= 4 is 6.29 Å². The number of ether oxygens (including phenoxy) is 1. The second kappa shape index (κ2) is 3.79. The van der Waals surface area contributed by atoms with Gasteiger partial charge in [-0.1, -0.05) is 13.8 Å². The van der Waals surface area contributed by atoms with Crippen LogP contribution in [0.3, 0.4) is 0 Å². The van der Waals surface area contributed by atoms with Gasteiger partial charge in [-0.15, -0.1) is 0 Å². The van der Waals surface area contributed by atoms with Crippen molar-refractivity contribution in [1.29, 1.82) is 0 Å². The fraction of sp³-hybridized carbons (Fsp3) is 0.909. The maximum atomic E-state index is 10.8. The second-order valence-corrected chi connectivity index (χ2v) is 5.07. The Kier molecular flexibility index (Phi) is 3.12. The average molecular weight is 184 g/mol. The number of hydrogen-bond acceptors (Lipinski definition) is 2. The fourth-order valence-electron chi connectivity index (χ4n) is 2.22. The first kappa shape index (κ1) is 10.7. The van der Waals surface area contributed by atoms with Gasteiger partial charge in [-0.05, 0) is 38.5 Å². The lowest BCUT2D eigenvalue weighted by Crippen LogP contribution is -2.21. The molecular weight excluding hydrogens is 164 g/mol. The number of aldehydes is 1. The molecule has 0 N–H and O–H groups in total. The Morgan fingerprint density at radius 1 is 1.54 bits per heavy atom. The smallest absolute Gasteiger partial charge is 0.149 e. The Morgan fingerprint density at radius 2 is 2.15 bits per heavy atom. The van der Waals surface area contributed by atoms with Crippen molar-refractivity contribution in [2.75, 3.05) is 0 Å². The molecule has 1 aliphatic rings. The van der Waals surface area contributed by atoms with Crippen LogP contribution in [0.2, 0.25) is 0 Å². The van der Waals surface area contributed by atoms with Crippen molar-refractivity contribution in [2.24, 2.45) is 11.8 Å². The van der Waals surface area contributed by atoms with Gasteiger partial charge in [-0.25, -0.2) is 0 Å². The molecule has 2 heteroatoms. The van der Waals surface area contributed by atoms with E-state index in [1.807, 2.05) is 0 Å². The molecule has 0 radical (unpaired) electrons. The third-order valence-corrected chi connectivity index (χ3v) is 2.58. The Balaban J connectivity index is 2.58. The van der Waals surface area contributed by atoms with Crippen LogP contribution in [0.25, 0.3) is 0 Å². The first-order chi connectivity index (χ1) is 5.94. The maximum absolute atomic E-state index is 10.8. The molecule has 2 atom stereocenters. The summed E-state index contributed by atoms with van der Waals surface area (Å²) in [7, 11) is 0. The van der Waals surface area contributed by atoms with Gasteiger partial charge in [0.25, 0.3) is 0 Å². The molecule has 1 heterocycles. The van der Waals surface area contributed by atoms with Crippen LogP contribution in [-0.2, 0) is 9.53 Å². The lowest BCUT2D eigenvalue weighted by molar-refractivity contribution is -0.122. The number of carbonyl (C=O) groups excluding carboxylic acids is 1. The molecule has 2 nitrogen and oxygen atoms in total. The molecule has 0 bridgehead atoms. The van der Waals surface area contributed by atoms with Crippen LogP contribution in [0.1, 0.15) is 40.5 Å². The van der Waals surface area contributed by atoms with E-state index in [1.54, 1.807) is 0 Å². The Hall–Kier alpha value is -0.370. The summed E-state index contributed by atoms with van der Waals surface area (Å²) in [6.45, 7) is 8.49. The van der Waals surface area contributed by atoms with E-state index < -0.39 is 0 Å². The maximum Gasteiger partial charge on any atom is 0.149 e. The minimum atomic E-state index is -0.169. The molecule has 1 unspecified atom stereocenters. The van der Waals surface area contributed by atoms with Gasteiger partial charge in [0.2, 0.25) is 0 Å². The molecule has 0 aromatic carbocycles. The van der Waals surface area contributed by atoms with E-state index in [-0.39, 0.29) is 11.7 Å². The van der Waals surface area contributed by atoms with Gasteiger partial charge in [0.15, 0.2) is 0 Å². The van der Waals surface area contributed by atoms with Gasteiger partial charge in [0.1, 0.15) is 12.4 Å². The standard InChI is InChI=1S/C11H20O2/c1-8(2)5-9-6-11(3,4)13-10(9)7-12/h7-10H,5-6H2,1-4H3/t9-,10?/m1/s1. The normalized spacial score (nSPS) is 32.4. The highest BCUT2D eigenvalue weighted by Gasteiger charge is 2.39. The summed E-state index contributed by atoms with van der Waals surface area (Å²) in [6.07, 6.45) is 2.89. The van der Waals surface area contributed by atoms with Crippen molar-refractivity contribution < 1.29 is 9.53 Å². The second-order valence-electron chi connectivity index (χ2n) is 5.07. The van der Waals surface area contributed by atoms with Crippen LogP contribution in [0, 0.1) is 11.8 Å². The van der Waals surface area contributed by atoms with Crippen molar-refractivity contribution in [1.82, 2.24) is 0 Å². The van der Waals surface area contributed by atoms with E-state index >= 15 is 0 Å². The van der Waals surface area contributed by atoms with Crippen LogP contribution in [0.15, 0.2) is 0 Å². The van der Waals surface area contributed by atoms with Gasteiger partial charge in [0.05, 0.1) is 5.60 Å². The SMILES string of the molecule is CC(C)C[C@@H]1CC(C)(C)OC1C=O. The van der Waals surface area contributed by atoms with E-state index in [4.69, 9.17) is 4.74 Å². The first-order valence-electron chi connectivity index (χ1n) is 5.08. The average Bonchev–Trinajstić information content (AvgIpc) is 2.24. The third-order valence-electron chi connectivity index (χ3n) is 2.58. The zero-order valence-electron chi connectivity index (χ0n) is 9.04. The van der Waals surface area contributed by atoms with Gasteiger partial charge in [-0.3, -0.25) is 0 Å². The van der Waals surface area contributed by atoms with Gasteiger partial charge < -0.3 is 9.53 Å². The van der Waals surface area contributed by atoms with Crippen molar-refractivity contribution in [3.63, 3.8) is 0 Å². The third kappa shape index (κ3) is 2.80. The molecule has 1 aliphatic heterocycles. The highest BCUT2D eigenvalue weighted by atomic mass is 16.5. The highest BCUT2D eigenvalue weighted by Crippen LogP contribution is 2.37. The minimum absolute atomic E-state index is 0.106. The topological polar surface area (TPSA) is 26.3 Å². The fourth-order valence-corrected chi connectivity index (χ4v) is 2.22. The molecule has 76 valence electrons. The van der Waals surface area contributed by atoms with Crippen LogP contribution in [-0.4, -0.2) is 18.0 Å². The Morgan fingerprint density at radius 3 is 2.62 bits per heavy atom.